The van der Waals surface area contributed by atoms with Crippen LogP contribution in [-0.4, -0.2) is 15.7 Å². The molecule has 2 atom stereocenters. The third-order valence-electron chi connectivity index (χ3n) is 1.65. The lowest BCUT2D eigenvalue weighted by Crippen LogP contribution is -2.20. The summed E-state index contributed by atoms with van der Waals surface area (Å²) in [5.41, 5.74) is 0. The van der Waals surface area contributed by atoms with Crippen molar-refractivity contribution in [2.45, 2.75) is 26.0 Å². The van der Waals surface area contributed by atoms with E-state index >= 15 is 0 Å². The van der Waals surface area contributed by atoms with Gasteiger partial charge in [-0.25, -0.2) is 4.21 Å². The summed E-state index contributed by atoms with van der Waals surface area (Å²) in [7, 11) is -2.30. The topological polar surface area (TPSA) is 40.9 Å². The number of rotatable bonds is 2. The summed E-state index contributed by atoms with van der Waals surface area (Å²) in [6.07, 6.45) is 1.50. The first-order valence-electron chi connectivity index (χ1n) is 3.08. The molecule has 0 aliphatic carbocycles. The van der Waals surface area contributed by atoms with Crippen molar-refractivity contribution in [2.24, 2.45) is 5.92 Å². The maximum absolute atomic E-state index is 11.0. The second-order valence-corrected chi connectivity index (χ2v) is 5.40. The molecule has 2 nitrogen and oxygen atoms in total. The largest absolute Gasteiger partial charge is 0.253 e. The molecule has 0 radical (unpaired) electrons. The Morgan fingerprint density at radius 2 is 1.67 bits per heavy atom. The minimum Gasteiger partial charge on any atom is -0.253 e. The molecule has 0 aliphatic heterocycles. The van der Waals surface area contributed by atoms with Crippen molar-refractivity contribution in [1.82, 2.24) is 0 Å². The summed E-state index contributed by atoms with van der Waals surface area (Å²) in [6, 6.07) is 0. The Balaban J connectivity index is 4.24. The van der Waals surface area contributed by atoms with Gasteiger partial charge < -0.3 is 0 Å². The van der Waals surface area contributed by atoms with E-state index in [2.05, 4.69) is 0 Å². The van der Waals surface area contributed by atoms with E-state index in [1.807, 2.05) is 20.8 Å². The van der Waals surface area contributed by atoms with Gasteiger partial charge in [0.1, 0.15) is 0 Å². The highest BCUT2D eigenvalue weighted by atomic mass is 32.2. The monoisotopic (exact) mass is 149 g/mol. The van der Waals surface area contributed by atoms with Gasteiger partial charge in [-0.05, 0) is 12.8 Å². The van der Waals surface area contributed by atoms with Gasteiger partial charge in [-0.3, -0.25) is 4.78 Å². The van der Waals surface area contributed by atoms with E-state index in [0.29, 0.717) is 5.92 Å². The SMILES string of the molecule is CC(C)[C@H](C)[S@@](C)(=N)=O. The lowest BCUT2D eigenvalue weighted by Gasteiger charge is -2.14. The van der Waals surface area contributed by atoms with Crippen molar-refractivity contribution in [3.8, 4) is 0 Å². The van der Waals surface area contributed by atoms with Crippen molar-refractivity contribution in [1.29, 1.82) is 4.78 Å². The lowest BCUT2D eigenvalue weighted by atomic mass is 10.2. The Labute approximate surface area is 57.6 Å². The molecule has 0 aliphatic rings. The Morgan fingerprint density at radius 3 is 1.67 bits per heavy atom. The molecule has 0 unspecified atom stereocenters. The summed E-state index contributed by atoms with van der Waals surface area (Å²) in [6.45, 7) is 5.84. The minimum atomic E-state index is -2.30. The van der Waals surface area contributed by atoms with E-state index < -0.39 is 9.73 Å². The maximum atomic E-state index is 11.0. The second-order valence-electron chi connectivity index (χ2n) is 2.85. The molecule has 0 saturated carbocycles. The van der Waals surface area contributed by atoms with Gasteiger partial charge in [0, 0.05) is 21.2 Å². The maximum Gasteiger partial charge on any atom is 0.0441 e. The molecule has 0 spiro atoms. The van der Waals surface area contributed by atoms with Crippen molar-refractivity contribution in [2.75, 3.05) is 6.26 Å². The molecule has 0 bridgehead atoms. The molecule has 56 valence electrons. The van der Waals surface area contributed by atoms with Crippen LogP contribution in [0.25, 0.3) is 0 Å². The van der Waals surface area contributed by atoms with Gasteiger partial charge in [-0.2, -0.15) is 0 Å². The van der Waals surface area contributed by atoms with E-state index in [1.165, 1.54) is 6.26 Å². The summed E-state index contributed by atoms with van der Waals surface area (Å²) in [5, 5.41) is 0.0116. The molecule has 0 rings (SSSR count). The third-order valence-corrected chi connectivity index (χ3v) is 3.61. The van der Waals surface area contributed by atoms with Gasteiger partial charge in [0.05, 0.1) is 0 Å². The third kappa shape index (κ3) is 2.84. The molecule has 9 heavy (non-hydrogen) atoms. The highest BCUT2D eigenvalue weighted by molar-refractivity contribution is 7.92. The van der Waals surface area contributed by atoms with Gasteiger partial charge in [-0.1, -0.05) is 13.8 Å². The highest BCUT2D eigenvalue weighted by Crippen LogP contribution is 2.09. The first kappa shape index (κ1) is 8.95. The van der Waals surface area contributed by atoms with Crippen LogP contribution in [0.2, 0.25) is 0 Å². The molecule has 0 heterocycles. The molecule has 0 saturated heterocycles. The summed E-state index contributed by atoms with van der Waals surface area (Å²) < 4.78 is 18.2. The van der Waals surface area contributed by atoms with E-state index in [-0.39, 0.29) is 5.25 Å². The highest BCUT2D eigenvalue weighted by Gasteiger charge is 2.14. The minimum absolute atomic E-state index is 0.0116. The number of hydrogen-bond donors (Lipinski definition) is 1. The van der Waals surface area contributed by atoms with Crippen LogP contribution in [0, 0.1) is 10.7 Å². The lowest BCUT2D eigenvalue weighted by molar-refractivity contribution is 0.601. The fourth-order valence-corrected chi connectivity index (χ4v) is 1.56. The molecule has 1 N–H and O–H groups in total. The average molecular weight is 149 g/mol. The molecular weight excluding hydrogens is 134 g/mol. The van der Waals surface area contributed by atoms with Crippen LogP contribution in [-0.2, 0) is 9.73 Å². The van der Waals surface area contributed by atoms with E-state index in [1.54, 1.807) is 0 Å². The fourth-order valence-electron chi connectivity index (χ4n) is 0.519. The standard InChI is InChI=1S/C6H15NOS/c1-5(2)6(3)9(4,7)8/h5-7H,1-4H3/t6-,9-/m0/s1. The van der Waals surface area contributed by atoms with E-state index in [4.69, 9.17) is 4.78 Å². The molecule has 0 aromatic carbocycles. The zero-order chi connectivity index (χ0) is 7.65. The summed E-state index contributed by atoms with van der Waals surface area (Å²) >= 11 is 0. The summed E-state index contributed by atoms with van der Waals surface area (Å²) in [5.74, 6) is 0.347. The van der Waals surface area contributed by atoms with Gasteiger partial charge in [0.2, 0.25) is 0 Å². The molecule has 0 aromatic heterocycles. The fraction of sp³-hybridized carbons (Fsp3) is 1.00. The molecular formula is C6H15NOS. The molecule has 3 heteroatoms. The Hall–Kier alpha value is -0.0500. The predicted molar refractivity (Wildman–Crippen MR) is 41.1 cm³/mol. The zero-order valence-corrected chi connectivity index (χ0v) is 7.29. The molecule has 0 amide bonds. The van der Waals surface area contributed by atoms with Gasteiger partial charge in [-0.15, -0.1) is 0 Å². The summed E-state index contributed by atoms with van der Waals surface area (Å²) in [4.78, 5) is 0. The van der Waals surface area contributed by atoms with Gasteiger partial charge >= 0.3 is 0 Å². The first-order chi connectivity index (χ1) is 3.85. The molecule has 0 aromatic rings. The van der Waals surface area contributed by atoms with Crippen LogP contribution in [0.3, 0.4) is 0 Å². The Bertz CT molecular complexity index is 169. The normalized spacial score (nSPS) is 21.4. The van der Waals surface area contributed by atoms with Crippen molar-refractivity contribution < 1.29 is 4.21 Å². The molecule has 0 fully saturated rings. The Kier molecular flexibility index (Phi) is 2.67. The van der Waals surface area contributed by atoms with Crippen molar-refractivity contribution in [3.05, 3.63) is 0 Å². The second kappa shape index (κ2) is 2.69. The first-order valence-corrected chi connectivity index (χ1v) is 5.11. The van der Waals surface area contributed by atoms with Crippen LogP contribution >= 0.6 is 0 Å². The average Bonchev–Trinajstić information content (AvgIpc) is 1.62. The quantitative estimate of drug-likeness (QED) is 0.638. The van der Waals surface area contributed by atoms with Gasteiger partial charge in [0.25, 0.3) is 0 Å². The zero-order valence-electron chi connectivity index (χ0n) is 6.47. The van der Waals surface area contributed by atoms with Crippen LogP contribution in [0.15, 0.2) is 0 Å². The van der Waals surface area contributed by atoms with E-state index in [9.17, 15) is 4.21 Å². The smallest absolute Gasteiger partial charge is 0.0441 e. The Morgan fingerprint density at radius 1 is 1.33 bits per heavy atom. The van der Waals surface area contributed by atoms with Crippen LogP contribution in [0.1, 0.15) is 20.8 Å². The van der Waals surface area contributed by atoms with Crippen LogP contribution in [0.4, 0.5) is 0 Å². The van der Waals surface area contributed by atoms with Crippen molar-refractivity contribution in [3.63, 3.8) is 0 Å². The van der Waals surface area contributed by atoms with Gasteiger partial charge in [0.15, 0.2) is 0 Å². The van der Waals surface area contributed by atoms with Crippen LogP contribution in [0.5, 0.6) is 0 Å². The number of nitrogens with one attached hydrogen (secondary N) is 1. The van der Waals surface area contributed by atoms with Crippen molar-refractivity contribution >= 4 is 9.73 Å². The number of hydrogen-bond acceptors (Lipinski definition) is 2. The van der Waals surface area contributed by atoms with E-state index in [0.717, 1.165) is 0 Å². The predicted octanol–water partition coefficient (Wildman–Crippen LogP) is 1.71. The van der Waals surface area contributed by atoms with Crippen LogP contribution < -0.4 is 0 Å².